The van der Waals surface area contributed by atoms with E-state index in [1.54, 1.807) is 0 Å². The highest BCUT2D eigenvalue weighted by molar-refractivity contribution is 7.91. The van der Waals surface area contributed by atoms with E-state index in [1.807, 2.05) is 0 Å². The highest BCUT2D eigenvalue weighted by atomic mass is 35.5. The number of benzene rings is 1. The fraction of sp³-hybridized carbons (Fsp3) is 0.455. The van der Waals surface area contributed by atoms with Gasteiger partial charge in [-0.05, 0) is 37.0 Å². The van der Waals surface area contributed by atoms with E-state index in [-0.39, 0.29) is 16.5 Å². The summed E-state index contributed by atoms with van der Waals surface area (Å²) in [6.45, 7) is 0.507. The molecule has 4 nitrogen and oxygen atoms in total. The first-order chi connectivity index (χ1) is 7.99. The summed E-state index contributed by atoms with van der Waals surface area (Å²) in [6.07, 6.45) is 2.26. The van der Waals surface area contributed by atoms with E-state index in [1.165, 1.54) is 18.2 Å². The largest absolute Gasteiger partial charge is 0.398 e. The van der Waals surface area contributed by atoms with Gasteiger partial charge in [0, 0.05) is 5.02 Å². The van der Waals surface area contributed by atoms with E-state index in [2.05, 4.69) is 0 Å². The third kappa shape index (κ3) is 3.34. The Kier molecular flexibility index (Phi) is 3.61. The molecule has 0 unspecified atom stereocenters. The third-order valence-corrected chi connectivity index (χ3v) is 4.35. The van der Waals surface area contributed by atoms with Crippen molar-refractivity contribution in [2.75, 3.05) is 18.3 Å². The average molecular weight is 276 g/mol. The van der Waals surface area contributed by atoms with Gasteiger partial charge in [-0.1, -0.05) is 11.6 Å². The number of nitrogens with two attached hydrogens (primary N) is 1. The number of sulfone groups is 1. The second kappa shape index (κ2) is 4.84. The molecule has 0 heterocycles. The predicted molar refractivity (Wildman–Crippen MR) is 66.6 cm³/mol. The van der Waals surface area contributed by atoms with Gasteiger partial charge in [0.05, 0.1) is 17.2 Å². The van der Waals surface area contributed by atoms with Crippen LogP contribution in [-0.4, -0.2) is 21.0 Å². The zero-order valence-corrected chi connectivity index (χ0v) is 10.8. The SMILES string of the molecule is Nc1cc(Cl)ccc1S(=O)(=O)COCC1CC1. The van der Waals surface area contributed by atoms with E-state index in [9.17, 15) is 8.42 Å². The van der Waals surface area contributed by atoms with Crippen LogP contribution in [0, 0.1) is 5.92 Å². The molecule has 2 N–H and O–H groups in total. The predicted octanol–water partition coefficient (Wildman–Crippen LogP) is 2.08. The van der Waals surface area contributed by atoms with Gasteiger partial charge < -0.3 is 10.5 Å². The Bertz CT molecular complexity index is 511. The molecule has 6 heteroatoms. The molecule has 0 atom stereocenters. The van der Waals surface area contributed by atoms with Crippen LogP contribution in [0.4, 0.5) is 5.69 Å². The number of rotatable bonds is 5. The smallest absolute Gasteiger partial charge is 0.204 e. The van der Waals surface area contributed by atoms with Crippen molar-refractivity contribution in [3.8, 4) is 0 Å². The monoisotopic (exact) mass is 275 g/mol. The molecule has 1 aliphatic carbocycles. The van der Waals surface area contributed by atoms with Crippen LogP contribution < -0.4 is 5.73 Å². The Hall–Kier alpha value is -0.780. The highest BCUT2D eigenvalue weighted by Crippen LogP contribution is 2.29. The van der Waals surface area contributed by atoms with Gasteiger partial charge in [-0.3, -0.25) is 0 Å². The van der Waals surface area contributed by atoms with Crippen molar-refractivity contribution in [1.29, 1.82) is 0 Å². The standard InChI is InChI=1S/C11H14ClNO3S/c12-9-3-4-11(10(13)5-9)17(14,15)7-16-6-8-1-2-8/h3-5,8H,1-2,6-7,13H2. The zero-order chi connectivity index (χ0) is 12.5. The number of nitrogen functional groups attached to an aromatic ring is 1. The fourth-order valence-corrected chi connectivity index (χ4v) is 2.79. The minimum atomic E-state index is -3.48. The maximum atomic E-state index is 11.9. The van der Waals surface area contributed by atoms with E-state index in [0.29, 0.717) is 17.5 Å². The molecule has 2 rings (SSSR count). The average Bonchev–Trinajstić information content (AvgIpc) is 3.00. The second-order valence-electron chi connectivity index (χ2n) is 4.23. The Morgan fingerprint density at radius 3 is 2.71 bits per heavy atom. The van der Waals surface area contributed by atoms with E-state index in [0.717, 1.165) is 12.8 Å². The molecule has 0 aromatic heterocycles. The molecule has 17 heavy (non-hydrogen) atoms. The molecule has 0 aliphatic heterocycles. The molecule has 0 spiro atoms. The first-order valence-corrected chi connectivity index (χ1v) is 7.37. The molecule has 1 aromatic carbocycles. The van der Waals surface area contributed by atoms with E-state index < -0.39 is 9.84 Å². The second-order valence-corrected chi connectivity index (χ2v) is 6.57. The van der Waals surface area contributed by atoms with Crippen LogP contribution in [0.15, 0.2) is 23.1 Å². The lowest BCUT2D eigenvalue weighted by atomic mass is 10.3. The lowest BCUT2D eigenvalue weighted by molar-refractivity contribution is 0.165. The molecule has 1 saturated carbocycles. The lowest BCUT2D eigenvalue weighted by Gasteiger charge is -2.08. The molecule has 0 bridgehead atoms. The summed E-state index contributed by atoms with van der Waals surface area (Å²) < 4.78 is 29.0. The first-order valence-electron chi connectivity index (χ1n) is 5.34. The summed E-state index contributed by atoms with van der Waals surface area (Å²) in [4.78, 5) is 0.0812. The van der Waals surface area contributed by atoms with Crippen LogP contribution in [-0.2, 0) is 14.6 Å². The van der Waals surface area contributed by atoms with Gasteiger partial charge >= 0.3 is 0 Å². The van der Waals surface area contributed by atoms with Gasteiger partial charge in [-0.2, -0.15) is 0 Å². The van der Waals surface area contributed by atoms with E-state index >= 15 is 0 Å². The van der Waals surface area contributed by atoms with Crippen molar-refractivity contribution in [2.24, 2.45) is 5.92 Å². The molecule has 1 aromatic rings. The van der Waals surface area contributed by atoms with Crippen molar-refractivity contribution >= 4 is 27.1 Å². The van der Waals surface area contributed by atoms with Crippen molar-refractivity contribution in [1.82, 2.24) is 0 Å². The maximum Gasteiger partial charge on any atom is 0.204 e. The van der Waals surface area contributed by atoms with Crippen LogP contribution in [0.5, 0.6) is 0 Å². The van der Waals surface area contributed by atoms with Crippen LogP contribution in [0.25, 0.3) is 0 Å². The number of halogens is 1. The summed E-state index contributed by atoms with van der Waals surface area (Å²) in [7, 11) is -3.48. The maximum absolute atomic E-state index is 11.9. The zero-order valence-electron chi connectivity index (χ0n) is 9.23. The van der Waals surface area contributed by atoms with Crippen LogP contribution in [0.3, 0.4) is 0 Å². The molecule has 1 aliphatic rings. The molecular formula is C11H14ClNO3S. The number of hydrogen-bond donors (Lipinski definition) is 1. The normalized spacial score (nSPS) is 16.1. The van der Waals surface area contributed by atoms with Gasteiger partial charge in [0.1, 0.15) is 0 Å². The highest BCUT2D eigenvalue weighted by Gasteiger charge is 2.23. The minimum Gasteiger partial charge on any atom is -0.398 e. The van der Waals surface area contributed by atoms with Crippen molar-refractivity contribution in [3.05, 3.63) is 23.2 Å². The molecule has 94 valence electrons. The van der Waals surface area contributed by atoms with Gasteiger partial charge in [0.2, 0.25) is 9.84 Å². The van der Waals surface area contributed by atoms with Crippen molar-refractivity contribution in [2.45, 2.75) is 17.7 Å². The summed E-state index contributed by atoms with van der Waals surface area (Å²) >= 11 is 5.72. The van der Waals surface area contributed by atoms with Crippen LogP contribution in [0.2, 0.25) is 5.02 Å². The quantitative estimate of drug-likeness (QED) is 0.836. The minimum absolute atomic E-state index is 0.0812. The Balaban J connectivity index is 2.07. The van der Waals surface area contributed by atoms with Crippen LogP contribution in [0.1, 0.15) is 12.8 Å². The van der Waals surface area contributed by atoms with Crippen molar-refractivity contribution < 1.29 is 13.2 Å². The van der Waals surface area contributed by atoms with Gasteiger partial charge in [0.15, 0.2) is 5.94 Å². The number of ether oxygens (including phenoxy) is 1. The summed E-state index contributed by atoms with van der Waals surface area (Å²) in [5.74, 6) is 0.211. The first kappa shape index (κ1) is 12.7. The molecule has 1 fully saturated rings. The van der Waals surface area contributed by atoms with Gasteiger partial charge in [0.25, 0.3) is 0 Å². The van der Waals surface area contributed by atoms with Gasteiger partial charge in [-0.25, -0.2) is 8.42 Å². The van der Waals surface area contributed by atoms with Crippen LogP contribution >= 0.6 is 11.6 Å². The summed E-state index contributed by atoms with van der Waals surface area (Å²) in [6, 6.07) is 4.34. The topological polar surface area (TPSA) is 69.4 Å². The van der Waals surface area contributed by atoms with E-state index in [4.69, 9.17) is 22.1 Å². The third-order valence-electron chi connectivity index (χ3n) is 2.60. The molecule has 0 amide bonds. The number of anilines is 1. The van der Waals surface area contributed by atoms with Gasteiger partial charge in [-0.15, -0.1) is 0 Å². The summed E-state index contributed by atoms with van der Waals surface area (Å²) in [5.41, 5.74) is 5.79. The molecular weight excluding hydrogens is 262 g/mol. The fourth-order valence-electron chi connectivity index (χ4n) is 1.48. The Morgan fingerprint density at radius 1 is 1.41 bits per heavy atom. The molecule has 0 saturated heterocycles. The molecule has 0 radical (unpaired) electrons. The number of hydrogen-bond acceptors (Lipinski definition) is 4. The lowest BCUT2D eigenvalue weighted by Crippen LogP contribution is -2.13. The Labute approximate surface area is 106 Å². The summed E-state index contributed by atoms with van der Waals surface area (Å²) in [5, 5.41) is 0.417. The van der Waals surface area contributed by atoms with Crippen molar-refractivity contribution in [3.63, 3.8) is 0 Å². The Morgan fingerprint density at radius 2 is 2.12 bits per heavy atom.